The van der Waals surface area contributed by atoms with Crippen molar-refractivity contribution in [3.05, 3.63) is 52.9 Å². The van der Waals surface area contributed by atoms with Gasteiger partial charge in [-0.2, -0.15) is 0 Å². The van der Waals surface area contributed by atoms with E-state index < -0.39 is 15.6 Å². The van der Waals surface area contributed by atoms with E-state index in [0.29, 0.717) is 42.8 Å². The lowest BCUT2D eigenvalue weighted by Gasteiger charge is -2.26. The number of methoxy groups -OCH3 is 1. The monoisotopic (exact) mass is 562 g/mol. The number of sulfonamides is 1. The summed E-state index contributed by atoms with van der Waals surface area (Å²) in [7, 11) is -0.600. The van der Waals surface area contributed by atoms with Crippen LogP contribution in [0.15, 0.2) is 40.8 Å². The van der Waals surface area contributed by atoms with E-state index in [4.69, 9.17) is 26.5 Å². The minimum atomic E-state index is -3.65. The van der Waals surface area contributed by atoms with Crippen LogP contribution in [-0.2, 0) is 26.7 Å². The first-order valence-electron chi connectivity index (χ1n) is 12.5. The van der Waals surface area contributed by atoms with E-state index in [9.17, 15) is 8.42 Å². The normalized spacial score (nSPS) is 18.7. The van der Waals surface area contributed by atoms with Crippen molar-refractivity contribution in [2.45, 2.75) is 32.2 Å². The third kappa shape index (κ3) is 6.45. The van der Waals surface area contributed by atoms with E-state index >= 15 is 0 Å². The van der Waals surface area contributed by atoms with Crippen LogP contribution in [0.3, 0.4) is 0 Å². The molecule has 3 aromatic rings. The highest BCUT2D eigenvalue weighted by Crippen LogP contribution is 2.41. The maximum absolute atomic E-state index is 12.5. The molecule has 3 atom stereocenters. The standard InChI is InChI=1S/C26H35ClN6O4S/c1-17-13-19(17)16-33(11-12-36-4)21-14-20(22(27)23(29-21)32(3)38(5,34)35)24-30-31-25(37-24)26(2,28)15-18-9-7-6-8-10-18/h6-10,14,17,19H,11-13,15-16,28H2,1-5H3/t17?,19?,26-/m0/s1. The molecule has 0 saturated heterocycles. The van der Waals surface area contributed by atoms with Crippen LogP contribution in [0.1, 0.15) is 31.7 Å². The summed E-state index contributed by atoms with van der Waals surface area (Å²) >= 11 is 6.75. The molecule has 0 spiro atoms. The van der Waals surface area contributed by atoms with E-state index in [0.717, 1.165) is 29.1 Å². The number of halogens is 1. The van der Waals surface area contributed by atoms with Gasteiger partial charge in [-0.3, -0.25) is 4.31 Å². The van der Waals surface area contributed by atoms with Gasteiger partial charge in [0.2, 0.25) is 21.8 Å². The Labute approximate surface area is 229 Å². The molecular weight excluding hydrogens is 528 g/mol. The van der Waals surface area contributed by atoms with Crippen LogP contribution in [0.4, 0.5) is 11.6 Å². The SMILES string of the molecule is COCCN(CC1CC1C)c1cc(-c2nnc([C@@](C)(N)Cc3ccccc3)o2)c(Cl)c(N(C)S(C)(=O)=O)n1. The molecule has 1 saturated carbocycles. The average Bonchev–Trinajstić information content (AvgIpc) is 3.33. The van der Waals surface area contributed by atoms with Crippen LogP contribution in [0.2, 0.25) is 5.02 Å². The molecule has 0 amide bonds. The van der Waals surface area contributed by atoms with E-state index in [-0.39, 0.29) is 22.6 Å². The Hall–Kier alpha value is -2.73. The minimum absolute atomic E-state index is 0.0764. The lowest BCUT2D eigenvalue weighted by Crippen LogP contribution is -2.35. The zero-order valence-electron chi connectivity index (χ0n) is 22.4. The molecule has 38 heavy (non-hydrogen) atoms. The van der Waals surface area contributed by atoms with Gasteiger partial charge < -0.3 is 19.8 Å². The van der Waals surface area contributed by atoms with E-state index in [2.05, 4.69) is 27.0 Å². The van der Waals surface area contributed by atoms with Crippen LogP contribution in [0, 0.1) is 11.8 Å². The molecular formula is C26H35ClN6O4S. The smallest absolute Gasteiger partial charge is 0.249 e. The van der Waals surface area contributed by atoms with Gasteiger partial charge in [0.25, 0.3) is 0 Å². The van der Waals surface area contributed by atoms with Gasteiger partial charge >= 0.3 is 0 Å². The van der Waals surface area contributed by atoms with E-state index in [1.54, 1.807) is 13.2 Å². The first kappa shape index (κ1) is 28.3. The predicted molar refractivity (Wildman–Crippen MR) is 149 cm³/mol. The number of pyridine rings is 1. The fourth-order valence-corrected chi connectivity index (χ4v) is 5.08. The zero-order chi connectivity index (χ0) is 27.7. The molecule has 0 aliphatic heterocycles. The Morgan fingerprint density at radius 2 is 1.95 bits per heavy atom. The summed E-state index contributed by atoms with van der Waals surface area (Å²) < 4.78 is 37.3. The Balaban J connectivity index is 1.76. The van der Waals surface area contributed by atoms with E-state index in [1.807, 2.05) is 37.3 Å². The van der Waals surface area contributed by atoms with Gasteiger partial charge in [0.05, 0.1) is 29.0 Å². The maximum atomic E-state index is 12.5. The second kappa shape index (κ2) is 11.2. The van der Waals surface area contributed by atoms with E-state index in [1.165, 1.54) is 7.05 Å². The number of nitrogens with two attached hydrogens (primary N) is 1. The van der Waals surface area contributed by atoms with Crippen molar-refractivity contribution in [1.82, 2.24) is 15.2 Å². The summed E-state index contributed by atoms with van der Waals surface area (Å²) in [6.07, 6.45) is 2.71. The summed E-state index contributed by atoms with van der Waals surface area (Å²) in [6.45, 7) is 5.84. The van der Waals surface area contributed by atoms with Crippen molar-refractivity contribution in [2.24, 2.45) is 17.6 Å². The number of anilines is 2. The molecule has 1 fully saturated rings. The van der Waals surface area contributed by atoms with Gasteiger partial charge in [-0.05, 0) is 43.2 Å². The van der Waals surface area contributed by atoms with Crippen molar-refractivity contribution in [3.8, 4) is 11.5 Å². The molecule has 2 heterocycles. The van der Waals surface area contributed by atoms with Gasteiger partial charge in [0.1, 0.15) is 5.82 Å². The molecule has 2 unspecified atom stereocenters. The molecule has 1 aliphatic carbocycles. The number of hydrogen-bond donors (Lipinski definition) is 1. The van der Waals surface area contributed by atoms with Crippen LogP contribution in [-0.4, -0.2) is 63.7 Å². The number of ether oxygens (including phenoxy) is 1. The fourth-order valence-electron chi connectivity index (χ4n) is 4.28. The largest absolute Gasteiger partial charge is 0.419 e. The quantitative estimate of drug-likeness (QED) is 0.351. The molecule has 1 aliphatic rings. The summed E-state index contributed by atoms with van der Waals surface area (Å²) in [4.78, 5) is 6.75. The van der Waals surface area contributed by atoms with Gasteiger partial charge in [0, 0.05) is 27.2 Å². The molecule has 2 N–H and O–H groups in total. The van der Waals surface area contributed by atoms with Gasteiger partial charge in [0.15, 0.2) is 5.82 Å². The third-order valence-corrected chi connectivity index (χ3v) is 8.44. The van der Waals surface area contributed by atoms with Gasteiger partial charge in [-0.15, -0.1) is 10.2 Å². The third-order valence-electron chi connectivity index (χ3n) is 6.90. The first-order chi connectivity index (χ1) is 17.9. The van der Waals surface area contributed by atoms with Gasteiger partial charge in [-0.1, -0.05) is 48.9 Å². The molecule has 12 heteroatoms. The topological polar surface area (TPSA) is 128 Å². The Kier molecular flexibility index (Phi) is 8.32. The van der Waals surface area contributed by atoms with Crippen molar-refractivity contribution >= 4 is 33.3 Å². The van der Waals surface area contributed by atoms with Crippen LogP contribution < -0.4 is 14.9 Å². The average molecular weight is 563 g/mol. The first-order valence-corrected chi connectivity index (χ1v) is 14.7. The number of nitrogens with zero attached hydrogens (tertiary/aromatic N) is 5. The van der Waals surface area contributed by atoms with Crippen LogP contribution >= 0.6 is 11.6 Å². The van der Waals surface area contributed by atoms with Crippen molar-refractivity contribution < 1.29 is 17.6 Å². The lowest BCUT2D eigenvalue weighted by molar-refractivity contribution is 0.204. The summed E-state index contributed by atoms with van der Waals surface area (Å²) in [5.74, 6) is 2.14. The number of hydrogen-bond acceptors (Lipinski definition) is 9. The molecule has 0 bridgehead atoms. The molecule has 2 aromatic heterocycles. The van der Waals surface area contributed by atoms with Gasteiger partial charge in [-0.25, -0.2) is 13.4 Å². The number of rotatable bonds is 12. The molecule has 0 radical (unpaired) electrons. The highest BCUT2D eigenvalue weighted by atomic mass is 35.5. The molecule has 4 rings (SSSR count). The second-order valence-corrected chi connectivity index (χ2v) is 12.7. The zero-order valence-corrected chi connectivity index (χ0v) is 24.0. The molecule has 206 valence electrons. The highest BCUT2D eigenvalue weighted by molar-refractivity contribution is 7.92. The summed E-state index contributed by atoms with van der Waals surface area (Å²) in [5.41, 5.74) is 7.06. The Morgan fingerprint density at radius 3 is 2.55 bits per heavy atom. The molecule has 1 aromatic carbocycles. The maximum Gasteiger partial charge on any atom is 0.249 e. The van der Waals surface area contributed by atoms with Crippen LogP contribution in [0.25, 0.3) is 11.5 Å². The van der Waals surface area contributed by atoms with Crippen molar-refractivity contribution in [2.75, 3.05) is 49.3 Å². The summed E-state index contributed by atoms with van der Waals surface area (Å²) in [6, 6.07) is 11.6. The minimum Gasteiger partial charge on any atom is -0.419 e. The van der Waals surface area contributed by atoms with Crippen molar-refractivity contribution in [1.29, 1.82) is 0 Å². The fraction of sp³-hybridized carbons (Fsp3) is 0.500. The number of benzene rings is 1. The lowest BCUT2D eigenvalue weighted by atomic mass is 9.94. The highest BCUT2D eigenvalue weighted by Gasteiger charge is 2.35. The van der Waals surface area contributed by atoms with Crippen LogP contribution in [0.5, 0.6) is 0 Å². The summed E-state index contributed by atoms with van der Waals surface area (Å²) in [5, 5.41) is 8.56. The Morgan fingerprint density at radius 1 is 1.26 bits per heavy atom. The number of aromatic nitrogens is 3. The predicted octanol–water partition coefficient (Wildman–Crippen LogP) is 3.71. The van der Waals surface area contributed by atoms with Crippen molar-refractivity contribution in [3.63, 3.8) is 0 Å². The molecule has 10 nitrogen and oxygen atoms in total. The Bertz CT molecular complexity index is 1370. The second-order valence-electron chi connectivity index (χ2n) is 10.3.